The van der Waals surface area contributed by atoms with Gasteiger partial charge in [0.15, 0.2) is 0 Å². The summed E-state index contributed by atoms with van der Waals surface area (Å²) in [6.45, 7) is 2.76. The summed E-state index contributed by atoms with van der Waals surface area (Å²) in [4.78, 5) is 8.74. The number of hydrogen-bond donors (Lipinski definition) is 1. The first kappa shape index (κ1) is 14.6. The quantitative estimate of drug-likeness (QED) is 0.829. The summed E-state index contributed by atoms with van der Waals surface area (Å²) in [6, 6.07) is 2.73. The zero-order valence-electron chi connectivity index (χ0n) is 12.0. The molecule has 2 rings (SSSR count). The monoisotopic (exact) mass is 282 g/mol. The molecular formula is C14H23ClN4. The smallest absolute Gasteiger partial charge is 0.147 e. The SMILES string of the molecule is CN(C)CCN(C)c1ncc(CNC2CC2)cc1Cl. The highest BCUT2D eigenvalue weighted by Crippen LogP contribution is 2.24. The molecule has 0 aromatic carbocycles. The van der Waals surface area contributed by atoms with E-state index in [0.29, 0.717) is 6.04 Å². The van der Waals surface area contributed by atoms with Crippen molar-refractivity contribution in [3.63, 3.8) is 0 Å². The van der Waals surface area contributed by atoms with Crippen LogP contribution in [0.2, 0.25) is 5.02 Å². The standard InChI is InChI=1S/C14H23ClN4/c1-18(2)6-7-19(3)14-13(15)8-11(10-17-14)9-16-12-4-5-12/h8,10,12,16H,4-7,9H2,1-3H3. The summed E-state index contributed by atoms with van der Waals surface area (Å²) >= 11 is 6.32. The van der Waals surface area contributed by atoms with Gasteiger partial charge in [-0.05, 0) is 38.6 Å². The summed E-state index contributed by atoms with van der Waals surface area (Å²) in [5.41, 5.74) is 1.15. The van der Waals surface area contributed by atoms with Gasteiger partial charge in [-0.25, -0.2) is 4.98 Å². The second-order valence-corrected chi connectivity index (χ2v) is 5.94. The lowest BCUT2D eigenvalue weighted by molar-refractivity contribution is 0.416. The third kappa shape index (κ3) is 4.64. The van der Waals surface area contributed by atoms with Gasteiger partial charge in [0, 0.05) is 38.9 Å². The highest BCUT2D eigenvalue weighted by Gasteiger charge is 2.20. The first-order valence-corrected chi connectivity index (χ1v) is 7.17. The van der Waals surface area contributed by atoms with Crippen molar-refractivity contribution >= 4 is 17.4 Å². The lowest BCUT2D eigenvalue weighted by Gasteiger charge is -2.21. The Bertz CT molecular complexity index is 418. The van der Waals surface area contributed by atoms with Crippen LogP contribution in [-0.4, -0.2) is 50.2 Å². The highest BCUT2D eigenvalue weighted by atomic mass is 35.5. The van der Waals surface area contributed by atoms with Crippen LogP contribution < -0.4 is 10.2 Å². The van der Waals surface area contributed by atoms with Gasteiger partial charge in [-0.3, -0.25) is 0 Å². The van der Waals surface area contributed by atoms with Gasteiger partial charge < -0.3 is 15.1 Å². The Labute approximate surface area is 120 Å². The van der Waals surface area contributed by atoms with E-state index in [2.05, 4.69) is 34.2 Å². The molecule has 0 amide bonds. The second-order valence-electron chi connectivity index (χ2n) is 5.53. The fraction of sp³-hybridized carbons (Fsp3) is 0.643. The molecule has 0 bridgehead atoms. The number of nitrogens with one attached hydrogen (secondary N) is 1. The van der Waals surface area contributed by atoms with Crippen molar-refractivity contribution in [2.75, 3.05) is 39.1 Å². The maximum absolute atomic E-state index is 6.32. The van der Waals surface area contributed by atoms with Crippen molar-refractivity contribution < 1.29 is 0 Å². The van der Waals surface area contributed by atoms with Crippen LogP contribution in [0.25, 0.3) is 0 Å². The molecule has 1 fully saturated rings. The van der Waals surface area contributed by atoms with Crippen molar-refractivity contribution in [1.82, 2.24) is 15.2 Å². The van der Waals surface area contributed by atoms with E-state index in [9.17, 15) is 0 Å². The molecular weight excluding hydrogens is 260 g/mol. The number of hydrogen-bond acceptors (Lipinski definition) is 4. The molecule has 0 spiro atoms. The van der Waals surface area contributed by atoms with Crippen molar-refractivity contribution in [3.8, 4) is 0 Å². The van der Waals surface area contributed by atoms with Gasteiger partial charge in [0.25, 0.3) is 0 Å². The molecule has 5 heteroatoms. The van der Waals surface area contributed by atoms with Crippen LogP contribution in [0.1, 0.15) is 18.4 Å². The molecule has 0 saturated heterocycles. The topological polar surface area (TPSA) is 31.4 Å². The first-order valence-electron chi connectivity index (χ1n) is 6.80. The van der Waals surface area contributed by atoms with Gasteiger partial charge >= 0.3 is 0 Å². The molecule has 0 atom stereocenters. The number of anilines is 1. The molecule has 1 heterocycles. The van der Waals surface area contributed by atoms with E-state index < -0.39 is 0 Å². The van der Waals surface area contributed by atoms with E-state index in [1.807, 2.05) is 19.3 Å². The molecule has 1 aromatic rings. The summed E-state index contributed by atoms with van der Waals surface area (Å²) < 4.78 is 0. The Morgan fingerprint density at radius 2 is 2.05 bits per heavy atom. The number of aromatic nitrogens is 1. The minimum atomic E-state index is 0.709. The third-order valence-corrected chi connectivity index (χ3v) is 3.57. The zero-order chi connectivity index (χ0) is 13.8. The third-order valence-electron chi connectivity index (χ3n) is 3.29. The average Bonchev–Trinajstić information content (AvgIpc) is 3.17. The van der Waals surface area contributed by atoms with Crippen molar-refractivity contribution in [3.05, 3.63) is 22.8 Å². The van der Waals surface area contributed by atoms with Gasteiger partial charge in [0.05, 0.1) is 5.02 Å². The molecule has 0 aliphatic heterocycles. The Morgan fingerprint density at radius 1 is 1.32 bits per heavy atom. The molecule has 4 nitrogen and oxygen atoms in total. The highest BCUT2D eigenvalue weighted by molar-refractivity contribution is 6.33. The Morgan fingerprint density at radius 3 is 2.63 bits per heavy atom. The number of pyridine rings is 1. The summed E-state index contributed by atoms with van der Waals surface area (Å²) in [5, 5.41) is 4.20. The lowest BCUT2D eigenvalue weighted by Crippen LogP contribution is -2.29. The summed E-state index contributed by atoms with van der Waals surface area (Å²) in [7, 11) is 6.16. The van der Waals surface area contributed by atoms with Crippen LogP contribution in [0.15, 0.2) is 12.3 Å². The van der Waals surface area contributed by atoms with E-state index in [1.54, 1.807) is 0 Å². The molecule has 1 saturated carbocycles. The normalized spacial score (nSPS) is 15.0. The van der Waals surface area contributed by atoms with E-state index in [0.717, 1.165) is 36.0 Å². The van der Waals surface area contributed by atoms with Crippen LogP contribution in [0.4, 0.5) is 5.82 Å². The minimum Gasteiger partial charge on any atom is -0.357 e. The molecule has 1 N–H and O–H groups in total. The van der Waals surface area contributed by atoms with E-state index >= 15 is 0 Å². The lowest BCUT2D eigenvalue weighted by atomic mass is 10.2. The van der Waals surface area contributed by atoms with Crippen LogP contribution in [0.3, 0.4) is 0 Å². The van der Waals surface area contributed by atoms with E-state index in [1.165, 1.54) is 12.8 Å². The van der Waals surface area contributed by atoms with Crippen LogP contribution in [-0.2, 0) is 6.54 Å². The zero-order valence-corrected chi connectivity index (χ0v) is 12.7. The Kier molecular flexibility index (Phi) is 5.02. The van der Waals surface area contributed by atoms with Gasteiger partial charge in [-0.15, -0.1) is 0 Å². The Hall–Kier alpha value is -0.840. The first-order chi connectivity index (χ1) is 9.06. The minimum absolute atomic E-state index is 0.709. The second kappa shape index (κ2) is 6.55. The molecule has 0 unspecified atom stereocenters. The van der Waals surface area contributed by atoms with Gasteiger partial charge in [0.2, 0.25) is 0 Å². The maximum atomic E-state index is 6.32. The number of nitrogens with zero attached hydrogens (tertiary/aromatic N) is 3. The predicted molar refractivity (Wildman–Crippen MR) is 80.9 cm³/mol. The van der Waals surface area contributed by atoms with Crippen molar-refractivity contribution in [1.29, 1.82) is 0 Å². The predicted octanol–water partition coefficient (Wildman–Crippen LogP) is 1.98. The van der Waals surface area contributed by atoms with Crippen molar-refractivity contribution in [2.24, 2.45) is 0 Å². The van der Waals surface area contributed by atoms with Gasteiger partial charge in [0.1, 0.15) is 5.82 Å². The summed E-state index contributed by atoms with van der Waals surface area (Å²) in [5.74, 6) is 0.860. The molecule has 1 aromatic heterocycles. The van der Waals surface area contributed by atoms with Crippen molar-refractivity contribution in [2.45, 2.75) is 25.4 Å². The molecule has 106 valence electrons. The fourth-order valence-corrected chi connectivity index (χ4v) is 2.19. The molecule has 0 radical (unpaired) electrons. The van der Waals surface area contributed by atoms with Gasteiger partial charge in [-0.1, -0.05) is 11.6 Å². The summed E-state index contributed by atoms with van der Waals surface area (Å²) in [6.07, 6.45) is 4.52. The van der Waals surface area contributed by atoms with E-state index in [4.69, 9.17) is 11.6 Å². The maximum Gasteiger partial charge on any atom is 0.147 e. The Balaban J connectivity index is 1.92. The van der Waals surface area contributed by atoms with Crippen LogP contribution in [0.5, 0.6) is 0 Å². The molecule has 1 aliphatic carbocycles. The van der Waals surface area contributed by atoms with Crippen LogP contribution in [0, 0.1) is 0 Å². The number of likely N-dealkylation sites (N-methyl/N-ethyl adjacent to an activating group) is 2. The van der Waals surface area contributed by atoms with E-state index in [-0.39, 0.29) is 0 Å². The van der Waals surface area contributed by atoms with Gasteiger partial charge in [-0.2, -0.15) is 0 Å². The number of rotatable bonds is 7. The average molecular weight is 283 g/mol. The molecule has 19 heavy (non-hydrogen) atoms. The largest absolute Gasteiger partial charge is 0.357 e. The van der Waals surface area contributed by atoms with Crippen LogP contribution >= 0.6 is 11.6 Å². The number of halogens is 1. The fourth-order valence-electron chi connectivity index (χ4n) is 1.85. The molecule has 1 aliphatic rings.